The SMILES string of the molecule is CC1(C)CC(=O)C(=C(N)CC2CC2)C(=Nc2ccc(C=O)cc2)C1. The van der Waals surface area contributed by atoms with Crippen LogP contribution < -0.4 is 5.73 Å². The molecule has 0 unspecified atom stereocenters. The van der Waals surface area contributed by atoms with Gasteiger partial charge in [0.05, 0.1) is 17.0 Å². The van der Waals surface area contributed by atoms with Crippen LogP contribution in [0.4, 0.5) is 5.69 Å². The first kappa shape index (κ1) is 16.6. The zero-order valence-electron chi connectivity index (χ0n) is 14.3. The van der Waals surface area contributed by atoms with Gasteiger partial charge in [-0.25, -0.2) is 0 Å². The number of allylic oxidation sites excluding steroid dienone is 2. The van der Waals surface area contributed by atoms with Crippen LogP contribution in [0, 0.1) is 11.3 Å². The molecule has 0 aliphatic heterocycles. The number of carbonyl (C=O) groups is 2. The summed E-state index contributed by atoms with van der Waals surface area (Å²) >= 11 is 0. The second-order valence-electron chi connectivity index (χ2n) is 7.76. The summed E-state index contributed by atoms with van der Waals surface area (Å²) in [4.78, 5) is 28.2. The quantitative estimate of drug-likeness (QED) is 0.672. The lowest BCUT2D eigenvalue weighted by molar-refractivity contribution is -0.117. The molecule has 24 heavy (non-hydrogen) atoms. The summed E-state index contributed by atoms with van der Waals surface area (Å²) in [6, 6.07) is 7.08. The average molecular weight is 324 g/mol. The molecular formula is C20H24N2O2. The number of ketones is 1. The van der Waals surface area contributed by atoms with Crippen molar-refractivity contribution in [2.24, 2.45) is 22.1 Å². The standard InChI is InChI=1S/C20H24N2O2/c1-20(2)10-17(22-15-7-5-14(12-23)6-8-15)19(18(24)11-20)16(21)9-13-3-4-13/h5-8,12-13H,3-4,9-11,21H2,1-2H3. The molecule has 0 spiro atoms. The second-order valence-corrected chi connectivity index (χ2v) is 7.76. The highest BCUT2D eigenvalue weighted by Gasteiger charge is 2.36. The van der Waals surface area contributed by atoms with Crippen molar-refractivity contribution >= 4 is 23.5 Å². The summed E-state index contributed by atoms with van der Waals surface area (Å²) in [5.74, 6) is 0.737. The molecule has 0 atom stereocenters. The van der Waals surface area contributed by atoms with Gasteiger partial charge in [0, 0.05) is 17.7 Å². The molecule has 0 amide bonds. The summed E-state index contributed by atoms with van der Waals surface area (Å²) in [6.45, 7) is 4.17. The Morgan fingerprint density at radius 1 is 1.25 bits per heavy atom. The number of Topliss-reactive ketones (excluding diaryl/α,β-unsaturated/α-hetero) is 1. The molecule has 4 nitrogen and oxygen atoms in total. The van der Waals surface area contributed by atoms with E-state index in [4.69, 9.17) is 10.7 Å². The molecule has 0 bridgehead atoms. The Kier molecular flexibility index (Phi) is 4.39. The first-order valence-electron chi connectivity index (χ1n) is 8.53. The van der Waals surface area contributed by atoms with E-state index in [1.54, 1.807) is 24.3 Å². The van der Waals surface area contributed by atoms with E-state index in [1.165, 1.54) is 12.8 Å². The van der Waals surface area contributed by atoms with E-state index < -0.39 is 0 Å². The highest BCUT2D eigenvalue weighted by molar-refractivity contribution is 6.25. The zero-order valence-corrected chi connectivity index (χ0v) is 14.3. The van der Waals surface area contributed by atoms with Crippen molar-refractivity contribution in [1.29, 1.82) is 0 Å². The molecular weight excluding hydrogens is 300 g/mol. The summed E-state index contributed by atoms with van der Waals surface area (Å²) in [5.41, 5.74) is 9.66. The number of benzene rings is 1. The Hall–Kier alpha value is -2.23. The fraction of sp³-hybridized carbons (Fsp3) is 0.450. The Labute approximate surface area is 142 Å². The van der Waals surface area contributed by atoms with Gasteiger partial charge in [-0.1, -0.05) is 13.8 Å². The summed E-state index contributed by atoms with van der Waals surface area (Å²) in [7, 11) is 0. The minimum atomic E-state index is -0.109. The Morgan fingerprint density at radius 3 is 2.50 bits per heavy atom. The molecule has 2 N–H and O–H groups in total. The maximum Gasteiger partial charge on any atom is 0.166 e. The third-order valence-electron chi connectivity index (χ3n) is 4.67. The fourth-order valence-electron chi connectivity index (χ4n) is 3.27. The van der Waals surface area contributed by atoms with Crippen molar-refractivity contribution < 1.29 is 9.59 Å². The van der Waals surface area contributed by atoms with Gasteiger partial charge in [-0.3, -0.25) is 14.6 Å². The minimum Gasteiger partial charge on any atom is -0.401 e. The van der Waals surface area contributed by atoms with Crippen LogP contribution in [-0.2, 0) is 4.79 Å². The number of aliphatic imine (C=N–C) groups is 1. The lowest BCUT2D eigenvalue weighted by atomic mass is 9.73. The van der Waals surface area contributed by atoms with Crippen LogP contribution in [0.2, 0.25) is 0 Å². The van der Waals surface area contributed by atoms with Gasteiger partial charge < -0.3 is 5.73 Å². The van der Waals surface area contributed by atoms with Gasteiger partial charge >= 0.3 is 0 Å². The molecule has 2 aliphatic carbocycles. The topological polar surface area (TPSA) is 72.5 Å². The van der Waals surface area contributed by atoms with Crippen LogP contribution >= 0.6 is 0 Å². The zero-order chi connectivity index (χ0) is 17.3. The number of carbonyl (C=O) groups excluding carboxylic acids is 2. The van der Waals surface area contributed by atoms with Crippen molar-refractivity contribution in [3.63, 3.8) is 0 Å². The van der Waals surface area contributed by atoms with Crippen LogP contribution in [-0.4, -0.2) is 17.8 Å². The average Bonchev–Trinajstić information content (AvgIpc) is 3.30. The molecule has 0 aromatic heterocycles. The van der Waals surface area contributed by atoms with Crippen LogP contribution in [0.5, 0.6) is 0 Å². The van der Waals surface area contributed by atoms with E-state index in [1.807, 2.05) is 0 Å². The predicted molar refractivity (Wildman–Crippen MR) is 95.5 cm³/mol. The number of nitrogens with two attached hydrogens (primary N) is 1. The van der Waals surface area contributed by atoms with Gasteiger partial charge in [-0.05, 0) is 61.3 Å². The van der Waals surface area contributed by atoms with Crippen LogP contribution in [0.25, 0.3) is 0 Å². The van der Waals surface area contributed by atoms with Gasteiger partial charge in [0.15, 0.2) is 5.78 Å². The molecule has 1 aromatic rings. The molecule has 3 rings (SSSR count). The Bertz CT molecular complexity index is 723. The maximum absolute atomic E-state index is 12.7. The highest BCUT2D eigenvalue weighted by Crippen LogP contribution is 2.39. The van der Waals surface area contributed by atoms with E-state index in [2.05, 4.69) is 13.8 Å². The molecule has 126 valence electrons. The molecule has 2 fully saturated rings. The number of rotatable bonds is 4. The smallest absolute Gasteiger partial charge is 0.166 e. The summed E-state index contributed by atoms with van der Waals surface area (Å²) in [5, 5.41) is 0. The van der Waals surface area contributed by atoms with Gasteiger partial charge in [0.2, 0.25) is 0 Å². The van der Waals surface area contributed by atoms with Crippen LogP contribution in [0.15, 0.2) is 40.5 Å². The molecule has 2 saturated carbocycles. The van der Waals surface area contributed by atoms with Crippen LogP contribution in [0.3, 0.4) is 0 Å². The summed E-state index contributed by atoms with van der Waals surface area (Å²) in [6.07, 6.45) is 5.25. The first-order chi connectivity index (χ1) is 11.4. The van der Waals surface area contributed by atoms with Gasteiger partial charge in [0.1, 0.15) is 6.29 Å². The normalized spacial score (nSPS) is 24.1. The maximum atomic E-state index is 12.7. The Morgan fingerprint density at radius 2 is 1.92 bits per heavy atom. The molecule has 2 aliphatic rings. The van der Waals surface area contributed by atoms with E-state index in [9.17, 15) is 9.59 Å². The van der Waals surface area contributed by atoms with Crippen molar-refractivity contribution in [1.82, 2.24) is 0 Å². The molecule has 0 heterocycles. The van der Waals surface area contributed by atoms with E-state index in [0.717, 1.165) is 30.5 Å². The fourth-order valence-corrected chi connectivity index (χ4v) is 3.27. The number of hydrogen-bond donors (Lipinski definition) is 1. The molecule has 4 heteroatoms. The molecule has 1 aromatic carbocycles. The van der Waals surface area contributed by atoms with Crippen molar-refractivity contribution in [3.8, 4) is 0 Å². The van der Waals surface area contributed by atoms with Gasteiger partial charge in [-0.2, -0.15) is 0 Å². The number of hydrogen-bond acceptors (Lipinski definition) is 4. The lowest BCUT2D eigenvalue weighted by Crippen LogP contribution is -2.33. The first-order valence-corrected chi connectivity index (χ1v) is 8.53. The van der Waals surface area contributed by atoms with Gasteiger partial charge in [-0.15, -0.1) is 0 Å². The van der Waals surface area contributed by atoms with E-state index in [0.29, 0.717) is 29.2 Å². The monoisotopic (exact) mass is 324 g/mol. The number of aldehydes is 1. The Balaban J connectivity index is 1.98. The van der Waals surface area contributed by atoms with E-state index >= 15 is 0 Å². The van der Waals surface area contributed by atoms with Crippen LogP contribution in [0.1, 0.15) is 56.3 Å². The van der Waals surface area contributed by atoms with Crippen molar-refractivity contribution in [3.05, 3.63) is 41.1 Å². The largest absolute Gasteiger partial charge is 0.401 e. The number of nitrogens with zero attached hydrogens (tertiary/aromatic N) is 1. The van der Waals surface area contributed by atoms with Gasteiger partial charge in [0.25, 0.3) is 0 Å². The van der Waals surface area contributed by atoms with Crippen molar-refractivity contribution in [2.45, 2.75) is 46.0 Å². The molecule has 0 radical (unpaired) electrons. The lowest BCUT2D eigenvalue weighted by Gasteiger charge is -2.31. The minimum absolute atomic E-state index is 0.104. The second kappa shape index (κ2) is 6.34. The third-order valence-corrected chi connectivity index (χ3v) is 4.67. The third kappa shape index (κ3) is 3.81. The predicted octanol–water partition coefficient (Wildman–Crippen LogP) is 3.97. The molecule has 0 saturated heterocycles. The summed E-state index contributed by atoms with van der Waals surface area (Å²) < 4.78 is 0. The highest BCUT2D eigenvalue weighted by atomic mass is 16.1. The van der Waals surface area contributed by atoms with E-state index in [-0.39, 0.29) is 11.2 Å². The van der Waals surface area contributed by atoms with Crippen molar-refractivity contribution in [2.75, 3.05) is 0 Å².